The molecule has 1 N–H and O–H groups in total. The van der Waals surface area contributed by atoms with E-state index in [1.54, 1.807) is 0 Å². The molecule has 5 heteroatoms. The summed E-state index contributed by atoms with van der Waals surface area (Å²) in [7, 11) is 0. The fourth-order valence-electron chi connectivity index (χ4n) is 3.96. The van der Waals surface area contributed by atoms with Crippen molar-refractivity contribution in [3.8, 4) is 0 Å². The zero-order chi connectivity index (χ0) is 21.7. The van der Waals surface area contributed by atoms with Gasteiger partial charge in [0.25, 0.3) is 0 Å². The summed E-state index contributed by atoms with van der Waals surface area (Å²) in [5, 5.41) is 2.98. The Morgan fingerprint density at radius 1 is 0.933 bits per heavy atom. The molecule has 0 aromatic heterocycles. The molecule has 0 radical (unpaired) electrons. The third-order valence-corrected chi connectivity index (χ3v) is 5.96. The highest BCUT2D eigenvalue weighted by Gasteiger charge is 2.31. The molecule has 1 saturated heterocycles. The average Bonchev–Trinajstić information content (AvgIpc) is 2.74. The lowest BCUT2D eigenvalue weighted by Crippen LogP contribution is -2.56. The molecular weight excluding hydrogens is 374 g/mol. The Balaban J connectivity index is 1.60. The standard InChI is InChI=1S/C25H33N3O2/c1-18(2)24(26-23(29)17-21-10-6-5-7-11-21)25(30)28-15-13-27(14-16-28)22-12-8-9-19(3)20(22)4/h5-12,18,24H,13-17H2,1-4H3,(H,26,29)/t24-/m1/s1. The van der Waals surface area contributed by atoms with Crippen LogP contribution in [0.3, 0.4) is 0 Å². The molecule has 2 aromatic rings. The van der Waals surface area contributed by atoms with Gasteiger partial charge in [-0.1, -0.05) is 56.3 Å². The molecule has 0 unspecified atom stereocenters. The van der Waals surface area contributed by atoms with Crippen LogP contribution in [0.4, 0.5) is 5.69 Å². The van der Waals surface area contributed by atoms with Crippen LogP contribution >= 0.6 is 0 Å². The number of hydrogen-bond acceptors (Lipinski definition) is 3. The molecule has 0 spiro atoms. The van der Waals surface area contributed by atoms with Gasteiger partial charge in [0.15, 0.2) is 0 Å². The van der Waals surface area contributed by atoms with E-state index >= 15 is 0 Å². The molecule has 0 bridgehead atoms. The molecule has 1 fully saturated rings. The van der Waals surface area contributed by atoms with E-state index in [2.05, 4.69) is 42.3 Å². The van der Waals surface area contributed by atoms with Crippen molar-refractivity contribution < 1.29 is 9.59 Å². The fourth-order valence-corrected chi connectivity index (χ4v) is 3.96. The van der Waals surface area contributed by atoms with Gasteiger partial charge >= 0.3 is 0 Å². The van der Waals surface area contributed by atoms with Gasteiger partial charge in [-0.2, -0.15) is 0 Å². The predicted octanol–water partition coefficient (Wildman–Crippen LogP) is 3.34. The summed E-state index contributed by atoms with van der Waals surface area (Å²) in [6, 6.07) is 15.5. The number of rotatable bonds is 6. The SMILES string of the molecule is Cc1cccc(N2CCN(C(=O)[C@H](NC(=O)Cc3ccccc3)C(C)C)CC2)c1C. The minimum Gasteiger partial charge on any atom is -0.368 e. The van der Waals surface area contributed by atoms with Crippen LogP contribution in [0, 0.1) is 19.8 Å². The first-order chi connectivity index (χ1) is 14.4. The second kappa shape index (κ2) is 9.79. The van der Waals surface area contributed by atoms with E-state index < -0.39 is 6.04 Å². The molecule has 5 nitrogen and oxygen atoms in total. The van der Waals surface area contributed by atoms with E-state index in [0.717, 1.165) is 18.7 Å². The largest absolute Gasteiger partial charge is 0.368 e. The first-order valence-electron chi connectivity index (χ1n) is 10.8. The van der Waals surface area contributed by atoms with Crippen molar-refractivity contribution in [2.24, 2.45) is 5.92 Å². The summed E-state index contributed by atoms with van der Waals surface area (Å²) >= 11 is 0. The number of anilines is 1. The lowest BCUT2D eigenvalue weighted by Gasteiger charge is -2.39. The highest BCUT2D eigenvalue weighted by Crippen LogP contribution is 2.24. The van der Waals surface area contributed by atoms with E-state index in [1.807, 2.05) is 49.1 Å². The second-order valence-electron chi connectivity index (χ2n) is 8.48. The summed E-state index contributed by atoms with van der Waals surface area (Å²) in [6.45, 7) is 11.2. The van der Waals surface area contributed by atoms with Crippen LogP contribution in [-0.4, -0.2) is 48.9 Å². The number of nitrogens with zero attached hydrogens (tertiary/aromatic N) is 2. The average molecular weight is 408 g/mol. The normalized spacial score (nSPS) is 15.2. The van der Waals surface area contributed by atoms with Crippen molar-refractivity contribution in [2.45, 2.75) is 40.2 Å². The van der Waals surface area contributed by atoms with Gasteiger partial charge in [0.2, 0.25) is 11.8 Å². The lowest BCUT2D eigenvalue weighted by molar-refractivity contribution is -0.137. The second-order valence-corrected chi connectivity index (χ2v) is 8.48. The van der Waals surface area contributed by atoms with Gasteiger partial charge in [-0.3, -0.25) is 9.59 Å². The number of benzene rings is 2. The van der Waals surface area contributed by atoms with Gasteiger partial charge in [0.05, 0.1) is 6.42 Å². The van der Waals surface area contributed by atoms with E-state index in [4.69, 9.17) is 0 Å². The van der Waals surface area contributed by atoms with E-state index in [1.165, 1.54) is 16.8 Å². The van der Waals surface area contributed by atoms with Gasteiger partial charge in [-0.05, 0) is 42.5 Å². The Kier molecular flexibility index (Phi) is 7.14. The Labute approximate surface area is 180 Å². The third kappa shape index (κ3) is 5.21. The number of nitrogens with one attached hydrogen (secondary N) is 1. The van der Waals surface area contributed by atoms with E-state index in [-0.39, 0.29) is 24.2 Å². The van der Waals surface area contributed by atoms with Crippen molar-refractivity contribution >= 4 is 17.5 Å². The maximum absolute atomic E-state index is 13.2. The molecule has 0 saturated carbocycles. The molecule has 2 aromatic carbocycles. The summed E-state index contributed by atoms with van der Waals surface area (Å²) in [6.07, 6.45) is 0.289. The zero-order valence-corrected chi connectivity index (χ0v) is 18.5. The summed E-state index contributed by atoms with van der Waals surface area (Å²) in [5.41, 5.74) is 4.78. The maximum atomic E-state index is 13.2. The first-order valence-corrected chi connectivity index (χ1v) is 10.8. The van der Waals surface area contributed by atoms with Gasteiger partial charge in [-0.15, -0.1) is 0 Å². The molecule has 30 heavy (non-hydrogen) atoms. The van der Waals surface area contributed by atoms with Crippen LogP contribution in [0.2, 0.25) is 0 Å². The molecule has 0 aliphatic carbocycles. The van der Waals surface area contributed by atoms with Gasteiger partial charge in [-0.25, -0.2) is 0 Å². The third-order valence-electron chi connectivity index (χ3n) is 5.96. The van der Waals surface area contributed by atoms with Crippen molar-refractivity contribution in [3.05, 3.63) is 65.2 Å². The molecule has 3 rings (SSSR count). The molecule has 1 aliphatic rings. The van der Waals surface area contributed by atoms with Crippen molar-refractivity contribution in [3.63, 3.8) is 0 Å². The number of amides is 2. The van der Waals surface area contributed by atoms with Crippen LogP contribution in [0.5, 0.6) is 0 Å². The molecule has 1 aliphatic heterocycles. The Bertz CT molecular complexity index is 871. The Morgan fingerprint density at radius 2 is 1.60 bits per heavy atom. The number of carbonyl (C=O) groups excluding carboxylic acids is 2. The van der Waals surface area contributed by atoms with Crippen LogP contribution < -0.4 is 10.2 Å². The Hall–Kier alpha value is -2.82. The fraction of sp³-hybridized carbons (Fsp3) is 0.440. The first kappa shape index (κ1) is 21.9. The van der Waals surface area contributed by atoms with Crippen LogP contribution in [0.15, 0.2) is 48.5 Å². The van der Waals surface area contributed by atoms with Crippen molar-refractivity contribution in [2.75, 3.05) is 31.1 Å². The molecule has 1 atom stereocenters. The molecular formula is C25H33N3O2. The highest BCUT2D eigenvalue weighted by atomic mass is 16.2. The number of piperazine rings is 1. The topological polar surface area (TPSA) is 52.6 Å². The smallest absolute Gasteiger partial charge is 0.245 e. The minimum atomic E-state index is -0.492. The predicted molar refractivity (Wildman–Crippen MR) is 122 cm³/mol. The van der Waals surface area contributed by atoms with E-state index in [0.29, 0.717) is 13.1 Å². The van der Waals surface area contributed by atoms with Crippen molar-refractivity contribution in [1.29, 1.82) is 0 Å². The Morgan fingerprint density at radius 3 is 2.23 bits per heavy atom. The molecule has 160 valence electrons. The summed E-state index contributed by atoms with van der Waals surface area (Å²) in [4.78, 5) is 30.0. The summed E-state index contributed by atoms with van der Waals surface area (Å²) in [5.74, 6) is -0.0523. The molecule has 1 heterocycles. The highest BCUT2D eigenvalue weighted by molar-refractivity contribution is 5.88. The van der Waals surface area contributed by atoms with Crippen LogP contribution in [0.1, 0.15) is 30.5 Å². The number of carbonyl (C=O) groups is 2. The minimum absolute atomic E-state index is 0.0204. The van der Waals surface area contributed by atoms with Crippen LogP contribution in [-0.2, 0) is 16.0 Å². The molecule has 2 amide bonds. The zero-order valence-electron chi connectivity index (χ0n) is 18.5. The van der Waals surface area contributed by atoms with Gasteiger partial charge in [0.1, 0.15) is 6.04 Å². The van der Waals surface area contributed by atoms with Crippen molar-refractivity contribution in [1.82, 2.24) is 10.2 Å². The van der Waals surface area contributed by atoms with Gasteiger partial charge < -0.3 is 15.1 Å². The number of aryl methyl sites for hydroxylation is 1. The van der Waals surface area contributed by atoms with Gasteiger partial charge in [0, 0.05) is 31.9 Å². The lowest BCUT2D eigenvalue weighted by atomic mass is 10.0. The quantitative estimate of drug-likeness (QED) is 0.799. The maximum Gasteiger partial charge on any atom is 0.245 e. The monoisotopic (exact) mass is 407 g/mol. The number of hydrogen-bond donors (Lipinski definition) is 1. The summed E-state index contributed by atoms with van der Waals surface area (Å²) < 4.78 is 0. The van der Waals surface area contributed by atoms with E-state index in [9.17, 15) is 9.59 Å². The van der Waals surface area contributed by atoms with Crippen LogP contribution in [0.25, 0.3) is 0 Å².